The Balaban J connectivity index is -0.0000000728. The summed E-state index contributed by atoms with van der Waals surface area (Å²) in [5, 5.41) is 3.45. The quantitative estimate of drug-likeness (QED) is 0.0625. The second-order valence-corrected chi connectivity index (χ2v) is 21.9. The molecule has 8 atom stereocenters. The average molecular weight is 952 g/mol. The van der Waals surface area contributed by atoms with Crippen molar-refractivity contribution in [3.8, 4) is 0 Å². The van der Waals surface area contributed by atoms with Gasteiger partial charge in [0.25, 0.3) is 10.1 Å². The number of hydrogen-bond acceptors (Lipinski definition) is 11. The van der Waals surface area contributed by atoms with Gasteiger partial charge in [-0.25, -0.2) is 27.6 Å². The van der Waals surface area contributed by atoms with Crippen molar-refractivity contribution >= 4 is 54.2 Å². The number of ether oxygens (including phenoxy) is 3. The Morgan fingerprint density at radius 3 is 1.41 bits per heavy atom. The van der Waals surface area contributed by atoms with E-state index in [9.17, 15) is 36.0 Å². The Bertz CT molecular complexity index is 1500. The van der Waals surface area contributed by atoms with E-state index in [1.54, 1.807) is 62.3 Å². The molecule has 3 fully saturated rings. The summed E-state index contributed by atoms with van der Waals surface area (Å²) in [5.41, 5.74) is 25.6. The van der Waals surface area contributed by atoms with E-state index < -0.39 is 75.9 Å². The fraction of sp³-hybridized carbons (Fsp3) is 0.903. The maximum atomic E-state index is 13.5. The van der Waals surface area contributed by atoms with Crippen LogP contribution in [0.1, 0.15) is 102 Å². The van der Waals surface area contributed by atoms with Crippen LogP contribution in [0.25, 0.3) is 26.4 Å². The van der Waals surface area contributed by atoms with Gasteiger partial charge in [-0.05, 0) is 80.7 Å². The third-order valence-corrected chi connectivity index (χ3v) is 7.27. The summed E-state index contributed by atoms with van der Waals surface area (Å²) in [6.45, 7) is 16.2. The molecule has 0 radical (unpaired) electrons. The molecule has 0 saturated carbocycles. The van der Waals surface area contributed by atoms with Crippen LogP contribution in [-0.2, 0) is 28.5 Å². The molecule has 19 nitrogen and oxygen atoms in total. The molecule has 58 heavy (non-hydrogen) atoms. The first kappa shape index (κ1) is 49.0. The van der Waals surface area contributed by atoms with Gasteiger partial charge in [-0.1, -0.05) is 13.1 Å². The zero-order chi connectivity index (χ0) is 56.9. The Hall–Kier alpha value is -1.62. The first-order valence-electron chi connectivity index (χ1n) is 23.6. The third-order valence-electron chi connectivity index (χ3n) is 6.65. The van der Waals surface area contributed by atoms with E-state index in [2.05, 4.69) is 27.9 Å². The number of likely N-dealkylation sites (tertiary alicyclic amines) is 3. The number of azide groups is 1. The van der Waals surface area contributed by atoms with Crippen molar-refractivity contribution < 1.29 is 105 Å². The molecular formula is C31H77F3N10NaO9P3S. The topological polar surface area (TPSA) is 265 Å². The Morgan fingerprint density at radius 2 is 1.09 bits per heavy atom. The predicted octanol–water partition coefficient (Wildman–Crippen LogP) is 6.33. The van der Waals surface area contributed by atoms with E-state index in [4.69, 9.17) is 58.5 Å². The average Bonchev–Trinajstić information content (AvgIpc) is 3.23. The van der Waals surface area contributed by atoms with Crippen LogP contribution in [0.3, 0.4) is 0 Å². The van der Waals surface area contributed by atoms with Crippen LogP contribution in [0.5, 0.6) is 0 Å². The molecule has 0 aromatic rings. The normalized spacial score (nSPS) is 24.0. The molecule has 0 aromatic heterocycles. The molecule has 3 heterocycles. The molecule has 3 amide bonds. The molecular weight excluding hydrogens is 861 g/mol. The van der Waals surface area contributed by atoms with Crippen LogP contribution >= 0.6 is 25.8 Å². The minimum atomic E-state index is -3.68. The Labute approximate surface area is 390 Å². The number of alkyl halides is 3. The van der Waals surface area contributed by atoms with E-state index in [0.717, 1.165) is 19.1 Å². The van der Waals surface area contributed by atoms with Crippen molar-refractivity contribution in [1.29, 1.82) is 0 Å². The van der Waals surface area contributed by atoms with Crippen molar-refractivity contribution in [2.24, 2.45) is 10.8 Å². The fourth-order valence-electron chi connectivity index (χ4n) is 4.98. The minimum absolute atomic E-state index is 0. The number of carbonyl (C=O) groups is 3. The number of hydrogen-bond donors (Lipinski definition) is 1. The zero-order valence-corrected chi connectivity index (χ0v) is 41.4. The fourth-order valence-corrected chi connectivity index (χ4v) is 5.61. The van der Waals surface area contributed by atoms with E-state index >= 15 is 0 Å². The molecule has 3 rings (SSSR count). The van der Waals surface area contributed by atoms with Gasteiger partial charge in [-0.3, -0.25) is 9.09 Å². The summed E-state index contributed by atoms with van der Waals surface area (Å²) in [6.07, 6.45) is -4.82. The standard InChI is InChI=1S/C11H20FNO5S.C10H17FN4O2.C10H19FN2O2.N3.Na.H5P3.8H2/c1-11(2,3)17-10(14)13-6-8(12)5-9(7-13)18-19(4,15)16;1-10(2,3)17-9(16)15-5-7(11)4-8(6-15)13-14-12;1-10(2,3)15-9(14)13-5-7(11)4-8(12)6-13;1-3-2;;1-3-2;;;;;;;;/h8-9H,5-7H2,1-4H3;7-8H,4-6H2,1-3H3;7-8H,4-6,12H2,1-3H3;;;3H,1-2H2;8*1H/q;;;-1;+1;;;;;;;;;/t8-,9+;2*7-,8-;;;;;;;;;;;/m000.........../s1/i;;;;;;6*1+1D;1+1;. The van der Waals surface area contributed by atoms with Crippen LogP contribution in [0.4, 0.5) is 27.6 Å². The molecule has 0 bridgehead atoms. The monoisotopic (exact) mass is 952 g/mol. The molecule has 0 spiro atoms. The Kier molecular flexibility index (Phi) is 24.4. The number of amides is 3. The van der Waals surface area contributed by atoms with Crippen molar-refractivity contribution in [2.75, 3.05) is 45.5 Å². The molecule has 0 aliphatic carbocycles. The molecule has 3 saturated heterocycles. The molecule has 348 valence electrons. The van der Waals surface area contributed by atoms with E-state index in [1.165, 1.54) is 14.7 Å². The third kappa shape index (κ3) is 32.2. The van der Waals surface area contributed by atoms with Gasteiger partial charge in [0.1, 0.15) is 35.3 Å². The van der Waals surface area contributed by atoms with Crippen molar-refractivity contribution in [1.82, 2.24) is 14.7 Å². The summed E-state index contributed by atoms with van der Waals surface area (Å²) >= 11 is 0. The number of nitrogens with zero attached hydrogens (tertiary/aromatic N) is 9. The van der Waals surface area contributed by atoms with Gasteiger partial charge in [0.05, 0.1) is 44.6 Å². The second-order valence-electron chi connectivity index (χ2n) is 16.0. The first-order valence-corrected chi connectivity index (χ1v) is 24.0. The van der Waals surface area contributed by atoms with Gasteiger partial charge in [0, 0.05) is 51.1 Å². The number of carbonyl (C=O) groups excluding carboxylic acids is 3. The molecule has 2 unspecified atom stereocenters. The van der Waals surface area contributed by atoms with E-state index in [-0.39, 0.29) is 84.0 Å². The first-order chi connectivity index (χ1) is 31.9. The predicted molar refractivity (Wildman–Crippen MR) is 237 cm³/mol. The van der Waals surface area contributed by atoms with Gasteiger partial charge in [0.2, 0.25) is 0 Å². The van der Waals surface area contributed by atoms with Crippen LogP contribution < -0.4 is 35.3 Å². The van der Waals surface area contributed by atoms with Gasteiger partial charge < -0.3 is 45.7 Å². The SMILES string of the molecule is CC(C)(C)OC(=O)N1C[C@@H](F)C[C@@H](OS(C)(=O)=O)C1.CC(C)(C)OC(=O)N1C[C@@H](F)C[C@H](N=[N+]=[N-])C1.CC(C)(C)OC(=O)N1C[C@@H](N)C[C@H](F)C1.PPP.[2HH].[2H][2H].[2H][2H].[2H][2H].[2H][2H].[2H][2H].[2H][2H].[HH].[N-]=[N+]=[N-].[Na+]. The summed E-state index contributed by atoms with van der Waals surface area (Å²) in [5.74, 6) is 0. The van der Waals surface area contributed by atoms with E-state index in [1.807, 2.05) is 0 Å². The van der Waals surface area contributed by atoms with Gasteiger partial charge >= 0.3 is 47.8 Å². The van der Waals surface area contributed by atoms with Crippen LogP contribution in [0.2, 0.25) is 0 Å². The van der Waals surface area contributed by atoms with Crippen molar-refractivity contribution in [3.63, 3.8) is 0 Å². The summed E-state index contributed by atoms with van der Waals surface area (Å²) < 4.78 is 142. The number of rotatable bonds is 3. The second kappa shape index (κ2) is 28.8. The van der Waals surface area contributed by atoms with Gasteiger partial charge in [-0.15, -0.1) is 17.9 Å². The van der Waals surface area contributed by atoms with Gasteiger partial charge in [0.15, 0.2) is 0 Å². The number of halogens is 3. The molecule has 2 N–H and O–H groups in total. The minimum Gasteiger partial charge on any atom is -0.444 e. The number of nitrogens with two attached hydrogens (primary N) is 1. The molecule has 3 aliphatic heterocycles. The van der Waals surface area contributed by atoms with Crippen LogP contribution in [0.15, 0.2) is 5.11 Å². The zero-order valence-electron chi connectivity index (χ0n) is 47.3. The largest absolute Gasteiger partial charge is 1.00 e. The smallest absolute Gasteiger partial charge is 0.444 e. The number of piperidine rings is 3. The van der Waals surface area contributed by atoms with Gasteiger partial charge in [-0.2, -0.15) is 8.42 Å². The van der Waals surface area contributed by atoms with Crippen molar-refractivity contribution in [2.45, 2.75) is 135 Å². The maximum absolute atomic E-state index is 13.5. The summed E-state index contributed by atoms with van der Waals surface area (Å²) in [7, 11) is 2.38. The molecule has 0 aromatic carbocycles. The molecule has 3 aliphatic rings. The summed E-state index contributed by atoms with van der Waals surface area (Å²) in [4.78, 5) is 43.0. The Morgan fingerprint density at radius 1 is 0.759 bits per heavy atom. The van der Waals surface area contributed by atoms with Crippen LogP contribution in [-0.4, -0.2) is 140 Å². The van der Waals surface area contributed by atoms with Crippen LogP contribution in [0, 0.1) is 0 Å². The molecule has 27 heteroatoms. The van der Waals surface area contributed by atoms with E-state index in [0.29, 0.717) is 13.0 Å². The summed E-state index contributed by atoms with van der Waals surface area (Å²) in [6, 6.07) is -0.808. The maximum Gasteiger partial charge on any atom is 1.00 e. The van der Waals surface area contributed by atoms with Crippen molar-refractivity contribution in [3.05, 3.63) is 26.4 Å².